The summed E-state index contributed by atoms with van der Waals surface area (Å²) in [6.07, 6.45) is 0. The predicted molar refractivity (Wildman–Crippen MR) is 269 cm³/mol. The molecule has 0 heterocycles. The number of hydrogen-bond donors (Lipinski definition) is 0. The molecule has 0 radical (unpaired) electrons. The molecule has 2 aliphatic rings. The van der Waals surface area contributed by atoms with Crippen LogP contribution in [0, 0.1) is 0 Å². The average Bonchev–Trinajstić information content (AvgIpc) is 3.84. The number of anilines is 3. The van der Waals surface area contributed by atoms with Crippen molar-refractivity contribution in [3.8, 4) is 55.6 Å². The second-order valence-electron chi connectivity index (χ2n) is 17.1. The summed E-state index contributed by atoms with van der Waals surface area (Å²) in [6, 6.07) is 92.3. The van der Waals surface area contributed by atoms with Gasteiger partial charge in [-0.1, -0.05) is 224 Å². The molecule has 0 saturated heterocycles. The van der Waals surface area contributed by atoms with Crippen molar-refractivity contribution in [2.45, 2.75) is 5.41 Å². The molecule has 11 aromatic rings. The first-order valence-corrected chi connectivity index (χ1v) is 22.3. The molecule has 0 aliphatic heterocycles. The molecule has 11 aromatic carbocycles. The second-order valence-corrected chi connectivity index (χ2v) is 17.1. The van der Waals surface area contributed by atoms with Crippen molar-refractivity contribution in [1.29, 1.82) is 0 Å². The summed E-state index contributed by atoms with van der Waals surface area (Å²) in [5.41, 5.74) is 20.5. The summed E-state index contributed by atoms with van der Waals surface area (Å²) >= 11 is 0. The summed E-state index contributed by atoms with van der Waals surface area (Å²) in [4.78, 5) is 2.57. The zero-order valence-corrected chi connectivity index (χ0v) is 35.1. The number of hydrogen-bond acceptors (Lipinski definition) is 1. The molecule has 0 atom stereocenters. The minimum atomic E-state index is -0.485. The lowest BCUT2D eigenvalue weighted by atomic mass is 9.70. The van der Waals surface area contributed by atoms with Crippen LogP contribution in [0.25, 0.3) is 77.2 Å². The van der Waals surface area contributed by atoms with Gasteiger partial charge in [0.15, 0.2) is 0 Å². The molecule has 298 valence electrons. The van der Waals surface area contributed by atoms with Gasteiger partial charge < -0.3 is 4.90 Å². The van der Waals surface area contributed by atoms with E-state index in [2.05, 4.69) is 254 Å². The van der Waals surface area contributed by atoms with Gasteiger partial charge >= 0.3 is 0 Å². The maximum absolute atomic E-state index is 2.57. The molecule has 1 nitrogen and oxygen atoms in total. The van der Waals surface area contributed by atoms with Gasteiger partial charge in [-0.25, -0.2) is 0 Å². The summed E-state index contributed by atoms with van der Waals surface area (Å²) in [5.74, 6) is 0. The van der Waals surface area contributed by atoms with Gasteiger partial charge in [0.2, 0.25) is 0 Å². The second kappa shape index (κ2) is 14.4. The first kappa shape index (κ1) is 36.4. The average molecular weight is 812 g/mol. The maximum atomic E-state index is 2.57. The van der Waals surface area contributed by atoms with Crippen LogP contribution in [-0.4, -0.2) is 0 Å². The minimum absolute atomic E-state index is 0.485. The largest absolute Gasteiger partial charge is 0.309 e. The quantitative estimate of drug-likeness (QED) is 0.151. The van der Waals surface area contributed by atoms with Gasteiger partial charge in [0.25, 0.3) is 0 Å². The Hall–Kier alpha value is -8.26. The fourth-order valence-corrected chi connectivity index (χ4v) is 11.3. The van der Waals surface area contributed by atoms with Crippen LogP contribution in [0.4, 0.5) is 17.1 Å². The molecule has 0 saturated carbocycles. The number of fused-ring (bicyclic) bond motifs is 13. The fourth-order valence-electron chi connectivity index (χ4n) is 11.3. The van der Waals surface area contributed by atoms with E-state index < -0.39 is 5.41 Å². The van der Waals surface area contributed by atoms with E-state index in [1.807, 2.05) is 0 Å². The van der Waals surface area contributed by atoms with Crippen LogP contribution in [0.15, 0.2) is 249 Å². The van der Waals surface area contributed by atoms with Gasteiger partial charge in [0, 0.05) is 22.3 Å². The molecular formula is C63H41N. The Morgan fingerprint density at radius 1 is 0.250 bits per heavy atom. The molecule has 0 aromatic heterocycles. The molecule has 0 amide bonds. The highest BCUT2D eigenvalue weighted by Gasteiger charge is 2.51. The van der Waals surface area contributed by atoms with E-state index >= 15 is 0 Å². The molecule has 0 bridgehead atoms. The molecule has 0 fully saturated rings. The highest BCUT2D eigenvalue weighted by molar-refractivity contribution is 6.22. The monoisotopic (exact) mass is 811 g/mol. The van der Waals surface area contributed by atoms with E-state index in [0.29, 0.717) is 0 Å². The Labute approximate surface area is 373 Å². The van der Waals surface area contributed by atoms with Crippen LogP contribution in [0.1, 0.15) is 22.3 Å². The van der Waals surface area contributed by atoms with Gasteiger partial charge in [0.1, 0.15) is 0 Å². The normalized spacial score (nSPS) is 12.8. The first-order chi connectivity index (χ1) is 31.8. The lowest BCUT2D eigenvalue weighted by molar-refractivity contribution is 0.793. The molecule has 1 heteroatoms. The number of nitrogens with zero attached hydrogens (tertiary/aromatic N) is 1. The van der Waals surface area contributed by atoms with Crippen LogP contribution >= 0.6 is 0 Å². The maximum Gasteiger partial charge on any atom is 0.0726 e. The highest BCUT2D eigenvalue weighted by Crippen LogP contribution is 2.63. The third-order valence-corrected chi connectivity index (χ3v) is 13.9. The van der Waals surface area contributed by atoms with Crippen molar-refractivity contribution < 1.29 is 0 Å². The Bertz CT molecular complexity index is 3540. The van der Waals surface area contributed by atoms with Crippen molar-refractivity contribution in [2.24, 2.45) is 0 Å². The molecule has 0 unspecified atom stereocenters. The van der Waals surface area contributed by atoms with E-state index in [9.17, 15) is 0 Å². The number of rotatable bonds is 6. The first-order valence-electron chi connectivity index (χ1n) is 22.3. The Kier molecular flexibility index (Phi) is 8.20. The van der Waals surface area contributed by atoms with E-state index in [0.717, 1.165) is 17.1 Å². The van der Waals surface area contributed by atoms with E-state index in [1.165, 1.54) is 99.4 Å². The summed E-state index contributed by atoms with van der Waals surface area (Å²) in [6.45, 7) is 0. The summed E-state index contributed by atoms with van der Waals surface area (Å²) in [7, 11) is 0. The van der Waals surface area contributed by atoms with Crippen molar-refractivity contribution in [3.05, 3.63) is 271 Å². The topological polar surface area (TPSA) is 3.24 Å². The summed E-state index contributed by atoms with van der Waals surface area (Å²) < 4.78 is 0. The van der Waals surface area contributed by atoms with Crippen LogP contribution in [0.5, 0.6) is 0 Å². The molecule has 1 spiro atoms. The Balaban J connectivity index is 1.17. The highest BCUT2D eigenvalue weighted by atomic mass is 15.1. The standard InChI is InChI=1S/C63H41N/c1-4-20-42(21-5-1)47-38-36-45(40-56(47)43-22-6-2-7-23-43)64(62-55-32-13-11-27-49(55)48-26-10-12-31-54(48)61(62)44-24-8-3-9-25-44)46-37-39-53-52-30-16-19-35-59(52)63(60(53)41-46)57-33-17-14-28-50(57)51-29-15-18-34-58(51)63/h1-41H. The van der Waals surface area contributed by atoms with Crippen LogP contribution in [0.3, 0.4) is 0 Å². The van der Waals surface area contributed by atoms with Crippen molar-refractivity contribution >= 4 is 38.6 Å². The smallest absolute Gasteiger partial charge is 0.0726 e. The van der Waals surface area contributed by atoms with Crippen molar-refractivity contribution in [3.63, 3.8) is 0 Å². The Morgan fingerprint density at radius 2 is 0.641 bits per heavy atom. The van der Waals surface area contributed by atoms with Crippen molar-refractivity contribution in [1.82, 2.24) is 0 Å². The van der Waals surface area contributed by atoms with Gasteiger partial charge in [0.05, 0.1) is 11.1 Å². The molecule has 2 aliphatic carbocycles. The van der Waals surface area contributed by atoms with E-state index in [1.54, 1.807) is 0 Å². The van der Waals surface area contributed by atoms with E-state index in [-0.39, 0.29) is 0 Å². The molecule has 13 rings (SSSR count). The fraction of sp³-hybridized carbons (Fsp3) is 0.0159. The molecular weight excluding hydrogens is 771 g/mol. The SMILES string of the molecule is c1ccc(-c2ccc(N(c3ccc4c(c3)C3(c5ccccc5-c5ccccc53)c3ccccc3-4)c3c(-c4ccccc4)c4ccccc4c4ccccc34)cc2-c2ccccc2)cc1. The van der Waals surface area contributed by atoms with Crippen LogP contribution < -0.4 is 4.90 Å². The molecule has 64 heavy (non-hydrogen) atoms. The van der Waals surface area contributed by atoms with Gasteiger partial charge in [-0.05, 0) is 113 Å². The zero-order valence-electron chi connectivity index (χ0n) is 35.1. The van der Waals surface area contributed by atoms with Gasteiger partial charge in [-0.15, -0.1) is 0 Å². The third-order valence-electron chi connectivity index (χ3n) is 13.9. The number of benzene rings is 11. The predicted octanol–water partition coefficient (Wildman–Crippen LogP) is 16.8. The van der Waals surface area contributed by atoms with Crippen molar-refractivity contribution in [2.75, 3.05) is 4.90 Å². The van der Waals surface area contributed by atoms with Gasteiger partial charge in [-0.2, -0.15) is 0 Å². The van der Waals surface area contributed by atoms with Crippen LogP contribution in [0.2, 0.25) is 0 Å². The zero-order chi connectivity index (χ0) is 42.2. The summed E-state index contributed by atoms with van der Waals surface area (Å²) in [5, 5.41) is 4.89. The minimum Gasteiger partial charge on any atom is -0.309 e. The lowest BCUT2D eigenvalue weighted by Crippen LogP contribution is -2.26. The van der Waals surface area contributed by atoms with E-state index in [4.69, 9.17) is 0 Å². The van der Waals surface area contributed by atoms with Gasteiger partial charge in [-0.3, -0.25) is 0 Å². The molecule has 0 N–H and O–H groups in total. The lowest BCUT2D eigenvalue weighted by Gasteiger charge is -2.34. The third kappa shape index (κ3) is 5.25. The van der Waals surface area contributed by atoms with Crippen LogP contribution in [-0.2, 0) is 5.41 Å². The Morgan fingerprint density at radius 3 is 1.20 bits per heavy atom.